The molecule has 1 fully saturated rings. The largest absolute Gasteiger partial charge is 0.313 e. The lowest BCUT2D eigenvalue weighted by Gasteiger charge is -2.50. The van der Waals surface area contributed by atoms with Crippen LogP contribution >= 0.6 is 11.6 Å². The minimum atomic E-state index is -0.316. The molecule has 0 spiro atoms. The molecule has 1 N–H and O–H groups in total. The van der Waals surface area contributed by atoms with Gasteiger partial charge in [0.25, 0.3) is 0 Å². The maximum Gasteiger partial charge on any atom is 0.0573 e. The van der Waals surface area contributed by atoms with Crippen molar-refractivity contribution in [2.24, 2.45) is 0 Å². The number of piperidine rings is 1. The van der Waals surface area contributed by atoms with Gasteiger partial charge in [0.15, 0.2) is 0 Å². The highest BCUT2D eigenvalue weighted by Crippen LogP contribution is 2.39. The predicted molar refractivity (Wildman–Crippen MR) is 50.7 cm³/mol. The quantitative estimate of drug-likeness (QED) is 0.596. The molecule has 0 aromatic heterocycles. The molecule has 1 heterocycles. The molecule has 0 aromatic carbocycles. The summed E-state index contributed by atoms with van der Waals surface area (Å²) < 4.78 is 0. The Bertz CT molecular complexity index is 179. The molecule has 1 atom stereocenters. The molecule has 0 aromatic rings. The van der Waals surface area contributed by atoms with E-state index in [1.54, 1.807) is 0 Å². The van der Waals surface area contributed by atoms with Crippen LogP contribution < -0.4 is 0 Å². The van der Waals surface area contributed by atoms with Crippen LogP contribution in [0.4, 0.5) is 0 Å². The number of hydrogen-bond acceptors (Lipinski definition) is 2. The highest BCUT2D eigenvalue weighted by Gasteiger charge is 2.46. The van der Waals surface area contributed by atoms with E-state index in [0.29, 0.717) is 0 Å². The molecule has 1 saturated heterocycles. The van der Waals surface area contributed by atoms with Gasteiger partial charge in [-0.3, -0.25) is 0 Å². The molecule has 72 valence electrons. The molecular weight excluding hydrogens is 174 g/mol. The van der Waals surface area contributed by atoms with Gasteiger partial charge in [0.1, 0.15) is 0 Å². The third-order valence-corrected chi connectivity index (χ3v) is 3.65. The van der Waals surface area contributed by atoms with Gasteiger partial charge < -0.3 is 5.21 Å². The summed E-state index contributed by atoms with van der Waals surface area (Å²) in [6.45, 7) is 8.03. The Morgan fingerprint density at radius 2 is 1.83 bits per heavy atom. The van der Waals surface area contributed by atoms with Gasteiger partial charge in [-0.1, -0.05) is 0 Å². The molecule has 0 amide bonds. The van der Waals surface area contributed by atoms with E-state index in [2.05, 4.69) is 0 Å². The van der Waals surface area contributed by atoms with Gasteiger partial charge in [-0.15, -0.1) is 11.6 Å². The van der Waals surface area contributed by atoms with Gasteiger partial charge in [-0.25, -0.2) is 0 Å². The Kier molecular flexibility index (Phi) is 2.45. The molecule has 1 rings (SSSR count). The van der Waals surface area contributed by atoms with Crippen molar-refractivity contribution in [1.29, 1.82) is 0 Å². The molecule has 0 radical (unpaired) electrons. The molecular formula is C9H18ClNO. The van der Waals surface area contributed by atoms with E-state index in [4.69, 9.17) is 11.6 Å². The van der Waals surface area contributed by atoms with Crippen LogP contribution in [0.25, 0.3) is 0 Å². The summed E-state index contributed by atoms with van der Waals surface area (Å²) in [6.07, 6.45) is 1.92. The standard InChI is InChI=1S/C9H18ClNO/c1-8(2)6-5-7(10)9(3,4)11(8)12/h7,12H,5-6H2,1-4H3. The summed E-state index contributed by atoms with van der Waals surface area (Å²) in [5.41, 5.74) is -0.460. The number of hydrogen-bond donors (Lipinski definition) is 1. The zero-order valence-electron chi connectivity index (χ0n) is 8.26. The molecule has 1 aliphatic heterocycles. The van der Waals surface area contributed by atoms with Crippen LogP contribution in [-0.2, 0) is 0 Å². The Morgan fingerprint density at radius 3 is 2.25 bits per heavy atom. The van der Waals surface area contributed by atoms with Crippen molar-refractivity contribution in [2.45, 2.75) is 57.0 Å². The SMILES string of the molecule is CC1(C)CCC(Cl)C(C)(C)N1O. The fourth-order valence-electron chi connectivity index (χ4n) is 1.85. The minimum Gasteiger partial charge on any atom is -0.313 e. The van der Waals surface area contributed by atoms with Crippen molar-refractivity contribution in [2.75, 3.05) is 0 Å². The van der Waals surface area contributed by atoms with Crippen molar-refractivity contribution in [3.63, 3.8) is 0 Å². The Hall–Kier alpha value is 0.210. The summed E-state index contributed by atoms with van der Waals surface area (Å²) in [6, 6.07) is 0. The van der Waals surface area contributed by atoms with Crippen molar-refractivity contribution >= 4 is 11.6 Å². The maximum atomic E-state index is 9.88. The molecule has 1 unspecified atom stereocenters. The van der Waals surface area contributed by atoms with Gasteiger partial charge in [-0.05, 0) is 40.5 Å². The lowest BCUT2D eigenvalue weighted by Crippen LogP contribution is -2.61. The van der Waals surface area contributed by atoms with Crippen LogP contribution in [0.5, 0.6) is 0 Å². The fourth-order valence-corrected chi connectivity index (χ4v) is 2.05. The average Bonchev–Trinajstić information content (AvgIpc) is 1.96. The van der Waals surface area contributed by atoms with E-state index in [-0.39, 0.29) is 16.5 Å². The van der Waals surface area contributed by atoms with Crippen LogP contribution in [0, 0.1) is 0 Å². The fraction of sp³-hybridized carbons (Fsp3) is 1.00. The van der Waals surface area contributed by atoms with Crippen molar-refractivity contribution in [3.05, 3.63) is 0 Å². The molecule has 12 heavy (non-hydrogen) atoms. The first-order valence-corrected chi connectivity index (χ1v) is 4.85. The topological polar surface area (TPSA) is 23.5 Å². The second-order valence-corrected chi connectivity index (χ2v) is 5.31. The van der Waals surface area contributed by atoms with E-state index in [9.17, 15) is 5.21 Å². The lowest BCUT2D eigenvalue weighted by molar-refractivity contribution is -0.240. The minimum absolute atomic E-state index is 0.0375. The summed E-state index contributed by atoms with van der Waals surface area (Å²) >= 11 is 6.13. The number of alkyl halides is 1. The normalized spacial score (nSPS) is 35.0. The lowest BCUT2D eigenvalue weighted by atomic mass is 9.82. The zero-order valence-corrected chi connectivity index (χ0v) is 9.02. The first kappa shape index (κ1) is 10.3. The second kappa shape index (κ2) is 2.86. The predicted octanol–water partition coefficient (Wildman–Crippen LogP) is 2.64. The van der Waals surface area contributed by atoms with Gasteiger partial charge in [0.2, 0.25) is 0 Å². The molecule has 2 nitrogen and oxygen atoms in total. The number of nitrogens with zero attached hydrogens (tertiary/aromatic N) is 1. The third-order valence-electron chi connectivity index (χ3n) is 2.90. The number of rotatable bonds is 0. The Morgan fingerprint density at radius 1 is 1.33 bits per heavy atom. The summed E-state index contributed by atoms with van der Waals surface area (Å²) in [4.78, 5) is 0. The molecule has 0 bridgehead atoms. The third kappa shape index (κ3) is 1.48. The number of hydroxylamine groups is 2. The van der Waals surface area contributed by atoms with Crippen LogP contribution in [0.1, 0.15) is 40.5 Å². The molecule has 3 heteroatoms. The first-order valence-electron chi connectivity index (χ1n) is 4.42. The molecule has 0 aliphatic carbocycles. The smallest absolute Gasteiger partial charge is 0.0573 e. The van der Waals surface area contributed by atoms with Crippen LogP contribution in [0.3, 0.4) is 0 Å². The summed E-state index contributed by atoms with van der Waals surface area (Å²) in [5, 5.41) is 11.3. The van der Waals surface area contributed by atoms with Gasteiger partial charge in [0.05, 0.1) is 10.9 Å². The first-order chi connectivity index (χ1) is 5.28. The highest BCUT2D eigenvalue weighted by molar-refractivity contribution is 6.21. The van der Waals surface area contributed by atoms with Crippen molar-refractivity contribution in [1.82, 2.24) is 5.06 Å². The van der Waals surface area contributed by atoms with E-state index in [0.717, 1.165) is 12.8 Å². The van der Waals surface area contributed by atoms with E-state index >= 15 is 0 Å². The van der Waals surface area contributed by atoms with Gasteiger partial charge in [0, 0.05) is 5.54 Å². The molecule has 1 aliphatic rings. The number of halogens is 1. The summed E-state index contributed by atoms with van der Waals surface area (Å²) in [7, 11) is 0. The average molecular weight is 192 g/mol. The van der Waals surface area contributed by atoms with Crippen LogP contribution in [0.15, 0.2) is 0 Å². The van der Waals surface area contributed by atoms with Crippen molar-refractivity contribution in [3.8, 4) is 0 Å². The van der Waals surface area contributed by atoms with Gasteiger partial charge >= 0.3 is 0 Å². The Labute approximate surface area is 79.5 Å². The maximum absolute atomic E-state index is 9.88. The monoisotopic (exact) mass is 191 g/mol. The van der Waals surface area contributed by atoms with E-state index in [1.807, 2.05) is 27.7 Å². The van der Waals surface area contributed by atoms with Crippen LogP contribution in [0.2, 0.25) is 0 Å². The molecule has 0 saturated carbocycles. The Balaban J connectivity index is 2.86. The zero-order chi connectivity index (χ0) is 9.57. The van der Waals surface area contributed by atoms with E-state index in [1.165, 1.54) is 5.06 Å². The van der Waals surface area contributed by atoms with E-state index < -0.39 is 0 Å². The van der Waals surface area contributed by atoms with Crippen LogP contribution in [-0.4, -0.2) is 26.7 Å². The summed E-state index contributed by atoms with van der Waals surface area (Å²) in [5.74, 6) is 0. The highest BCUT2D eigenvalue weighted by atomic mass is 35.5. The second-order valence-electron chi connectivity index (χ2n) is 4.78. The van der Waals surface area contributed by atoms with Crippen molar-refractivity contribution < 1.29 is 5.21 Å². The van der Waals surface area contributed by atoms with Gasteiger partial charge in [-0.2, -0.15) is 5.06 Å².